The number of aromatic nitrogens is 1. The second-order valence-corrected chi connectivity index (χ2v) is 6.42. The molecule has 0 spiro atoms. The molecule has 126 valence electrons. The summed E-state index contributed by atoms with van der Waals surface area (Å²) in [5, 5.41) is 11.4. The summed E-state index contributed by atoms with van der Waals surface area (Å²) in [7, 11) is 0. The Morgan fingerprint density at radius 2 is 1.96 bits per heavy atom. The van der Waals surface area contributed by atoms with Crippen LogP contribution in [0.25, 0.3) is 0 Å². The lowest BCUT2D eigenvalue weighted by atomic mass is 10.1. The Hall–Kier alpha value is -2.35. The summed E-state index contributed by atoms with van der Waals surface area (Å²) in [5.41, 5.74) is 6.05. The van der Waals surface area contributed by atoms with Gasteiger partial charge in [-0.25, -0.2) is 4.98 Å². The van der Waals surface area contributed by atoms with Gasteiger partial charge in [-0.2, -0.15) is 0 Å². The highest BCUT2D eigenvalue weighted by atomic mass is 79.9. The fraction of sp³-hybridized carbons (Fsp3) is 0.312. The number of anilines is 2. The number of halogens is 1. The summed E-state index contributed by atoms with van der Waals surface area (Å²) >= 11 is 3.36. The predicted octanol–water partition coefficient (Wildman–Crippen LogP) is 3.38. The summed E-state index contributed by atoms with van der Waals surface area (Å²) < 4.78 is 6.54. The van der Waals surface area contributed by atoms with Crippen LogP contribution in [-0.4, -0.2) is 29.1 Å². The Morgan fingerprint density at radius 1 is 1.29 bits per heavy atom. The number of hydrogen-bond acceptors (Lipinski definition) is 6. The first-order valence-corrected chi connectivity index (χ1v) is 8.40. The van der Waals surface area contributed by atoms with Crippen molar-refractivity contribution < 1.29 is 9.66 Å². The molecule has 2 aromatic rings. The van der Waals surface area contributed by atoms with Gasteiger partial charge >= 0.3 is 5.69 Å². The second-order valence-electron chi connectivity index (χ2n) is 5.56. The first-order valence-electron chi connectivity index (χ1n) is 7.61. The molecule has 0 aliphatic carbocycles. The van der Waals surface area contributed by atoms with Crippen LogP contribution in [0.3, 0.4) is 0 Å². The van der Waals surface area contributed by atoms with Crippen molar-refractivity contribution in [3.63, 3.8) is 0 Å². The number of hydrogen-bond donors (Lipinski definition) is 1. The fourth-order valence-electron chi connectivity index (χ4n) is 2.85. The minimum absolute atomic E-state index is 0.0686. The van der Waals surface area contributed by atoms with Crippen LogP contribution in [0.15, 0.2) is 41.0 Å². The number of para-hydroxylation sites is 1. The van der Waals surface area contributed by atoms with Crippen LogP contribution >= 0.6 is 15.9 Å². The molecule has 2 heterocycles. The number of benzene rings is 1. The highest BCUT2D eigenvalue weighted by Crippen LogP contribution is 2.39. The minimum Gasteiger partial charge on any atom is -0.490 e. The van der Waals surface area contributed by atoms with Crippen LogP contribution in [0.4, 0.5) is 17.2 Å². The molecule has 7 nitrogen and oxygen atoms in total. The van der Waals surface area contributed by atoms with Crippen molar-refractivity contribution in [1.29, 1.82) is 0 Å². The van der Waals surface area contributed by atoms with E-state index in [9.17, 15) is 10.1 Å². The molecule has 1 aromatic heterocycles. The molecule has 0 radical (unpaired) electrons. The van der Waals surface area contributed by atoms with Gasteiger partial charge in [0.15, 0.2) is 0 Å². The van der Waals surface area contributed by atoms with E-state index >= 15 is 0 Å². The van der Waals surface area contributed by atoms with Crippen LogP contribution in [0, 0.1) is 10.1 Å². The number of nitrogens with zero attached hydrogens (tertiary/aromatic N) is 3. The van der Waals surface area contributed by atoms with Crippen LogP contribution in [-0.2, 0) is 0 Å². The van der Waals surface area contributed by atoms with E-state index in [1.165, 1.54) is 6.20 Å². The smallest absolute Gasteiger partial charge is 0.335 e. The molecule has 0 bridgehead atoms. The summed E-state index contributed by atoms with van der Waals surface area (Å²) in [6.45, 7) is 1.31. The van der Waals surface area contributed by atoms with Gasteiger partial charge in [0.25, 0.3) is 0 Å². The highest BCUT2D eigenvalue weighted by Gasteiger charge is 2.30. The SMILES string of the molecule is Nc1ncc(Br)c(N2CCC(Oc3ccccc3)CC2)c1[N+](=O)[O-]. The summed E-state index contributed by atoms with van der Waals surface area (Å²) in [5.74, 6) is 0.775. The van der Waals surface area contributed by atoms with Gasteiger partial charge < -0.3 is 15.4 Å². The van der Waals surface area contributed by atoms with E-state index in [0.29, 0.717) is 23.2 Å². The van der Waals surface area contributed by atoms with Gasteiger partial charge in [-0.15, -0.1) is 0 Å². The number of nitro groups is 1. The van der Waals surface area contributed by atoms with Gasteiger partial charge in [-0.1, -0.05) is 18.2 Å². The zero-order valence-electron chi connectivity index (χ0n) is 12.9. The zero-order chi connectivity index (χ0) is 17.1. The molecule has 0 unspecified atom stereocenters. The third-order valence-corrected chi connectivity index (χ3v) is 4.58. The van der Waals surface area contributed by atoms with Crippen LogP contribution in [0.2, 0.25) is 0 Å². The van der Waals surface area contributed by atoms with E-state index in [1.807, 2.05) is 35.2 Å². The van der Waals surface area contributed by atoms with Gasteiger partial charge in [0, 0.05) is 32.1 Å². The predicted molar refractivity (Wildman–Crippen MR) is 95.3 cm³/mol. The monoisotopic (exact) mass is 392 g/mol. The van der Waals surface area contributed by atoms with Crippen molar-refractivity contribution >= 4 is 33.1 Å². The molecule has 0 saturated carbocycles. The first-order chi connectivity index (χ1) is 11.6. The van der Waals surface area contributed by atoms with E-state index in [4.69, 9.17) is 10.5 Å². The molecule has 3 rings (SSSR count). The van der Waals surface area contributed by atoms with Crippen molar-refractivity contribution in [1.82, 2.24) is 4.98 Å². The molecule has 1 aromatic carbocycles. The lowest BCUT2D eigenvalue weighted by Crippen LogP contribution is -2.38. The number of piperidine rings is 1. The molecule has 0 atom stereocenters. The van der Waals surface area contributed by atoms with E-state index in [1.54, 1.807) is 0 Å². The number of pyridine rings is 1. The van der Waals surface area contributed by atoms with Crippen LogP contribution in [0.1, 0.15) is 12.8 Å². The van der Waals surface area contributed by atoms with Crippen molar-refractivity contribution in [3.05, 3.63) is 51.1 Å². The molecule has 1 saturated heterocycles. The Balaban J connectivity index is 1.73. The lowest BCUT2D eigenvalue weighted by Gasteiger charge is -2.33. The standard InChI is InChI=1S/C16H17BrN4O3/c17-13-10-19-16(18)15(21(22)23)14(13)20-8-6-12(7-9-20)24-11-4-2-1-3-5-11/h1-5,10,12H,6-9H2,(H2,18,19). The van der Waals surface area contributed by atoms with Crippen LogP contribution in [0.5, 0.6) is 5.75 Å². The number of nitrogens with two attached hydrogens (primary N) is 1. The Morgan fingerprint density at radius 3 is 2.58 bits per heavy atom. The summed E-state index contributed by atoms with van der Waals surface area (Å²) in [6.07, 6.45) is 3.16. The van der Waals surface area contributed by atoms with E-state index in [-0.39, 0.29) is 17.6 Å². The molecule has 1 fully saturated rings. The summed E-state index contributed by atoms with van der Waals surface area (Å²) in [4.78, 5) is 16.7. The van der Waals surface area contributed by atoms with Gasteiger partial charge in [-0.3, -0.25) is 10.1 Å². The molecular formula is C16H17BrN4O3. The van der Waals surface area contributed by atoms with E-state index < -0.39 is 4.92 Å². The number of rotatable bonds is 4. The van der Waals surface area contributed by atoms with E-state index in [0.717, 1.165) is 18.6 Å². The Bertz CT molecular complexity index is 734. The molecular weight excluding hydrogens is 376 g/mol. The van der Waals surface area contributed by atoms with E-state index in [2.05, 4.69) is 20.9 Å². The summed E-state index contributed by atoms with van der Waals surface area (Å²) in [6, 6.07) is 9.67. The zero-order valence-corrected chi connectivity index (χ0v) is 14.5. The van der Waals surface area contributed by atoms with Gasteiger partial charge in [0.05, 0.1) is 9.40 Å². The maximum absolute atomic E-state index is 11.4. The average molecular weight is 393 g/mol. The average Bonchev–Trinajstić information content (AvgIpc) is 2.58. The normalized spacial score (nSPS) is 15.3. The number of nitrogen functional groups attached to an aromatic ring is 1. The third kappa shape index (κ3) is 3.43. The molecule has 1 aliphatic rings. The lowest BCUT2D eigenvalue weighted by molar-refractivity contribution is -0.383. The quantitative estimate of drug-likeness (QED) is 0.632. The van der Waals surface area contributed by atoms with Crippen molar-refractivity contribution in [2.24, 2.45) is 0 Å². The fourth-order valence-corrected chi connectivity index (χ4v) is 3.39. The highest BCUT2D eigenvalue weighted by molar-refractivity contribution is 9.10. The molecule has 8 heteroatoms. The molecule has 1 aliphatic heterocycles. The third-order valence-electron chi connectivity index (χ3n) is 4.00. The maximum atomic E-state index is 11.4. The van der Waals surface area contributed by atoms with Gasteiger partial charge in [-0.05, 0) is 28.1 Å². The Kier molecular flexibility index (Phi) is 4.84. The molecule has 0 amide bonds. The van der Waals surface area contributed by atoms with Crippen molar-refractivity contribution in [2.75, 3.05) is 23.7 Å². The maximum Gasteiger partial charge on any atom is 0.335 e. The largest absolute Gasteiger partial charge is 0.490 e. The Labute approximate surface area is 147 Å². The number of ether oxygens (including phenoxy) is 1. The first kappa shape index (κ1) is 16.5. The molecule has 2 N–H and O–H groups in total. The van der Waals surface area contributed by atoms with Crippen LogP contribution < -0.4 is 15.4 Å². The topological polar surface area (TPSA) is 94.5 Å². The molecule has 24 heavy (non-hydrogen) atoms. The van der Waals surface area contributed by atoms with Crippen molar-refractivity contribution in [3.8, 4) is 5.75 Å². The minimum atomic E-state index is -0.477. The van der Waals surface area contributed by atoms with Gasteiger partial charge in [0.1, 0.15) is 17.5 Å². The van der Waals surface area contributed by atoms with Gasteiger partial charge in [0.2, 0.25) is 5.82 Å². The second kappa shape index (κ2) is 7.04. The van der Waals surface area contributed by atoms with Crippen molar-refractivity contribution in [2.45, 2.75) is 18.9 Å².